The first-order valence-corrected chi connectivity index (χ1v) is 11.9. The van der Waals surface area contributed by atoms with Crippen LogP contribution in [0.2, 0.25) is 0 Å². The zero-order valence-electron chi connectivity index (χ0n) is 19.2. The van der Waals surface area contributed by atoms with Crippen LogP contribution < -0.4 is 10.2 Å². The molecule has 34 heavy (non-hydrogen) atoms. The molecule has 0 N–H and O–H groups in total. The molecule has 0 aliphatic carbocycles. The molecule has 1 unspecified atom stereocenters. The monoisotopic (exact) mass is 517 g/mol. The molecule has 2 heterocycles. The first-order valence-electron chi connectivity index (χ1n) is 11.1. The molecule has 0 spiro atoms. The Morgan fingerprint density at radius 3 is 2.50 bits per heavy atom. The Kier molecular flexibility index (Phi) is 5.78. The number of carbonyl (C=O) groups excluding carboxylic acids is 1. The van der Waals surface area contributed by atoms with Gasteiger partial charge >= 0.3 is 0 Å². The topological polar surface area (TPSA) is 59.8 Å². The van der Waals surface area contributed by atoms with Gasteiger partial charge in [-0.05, 0) is 72.9 Å². The van der Waals surface area contributed by atoms with E-state index in [0.29, 0.717) is 29.5 Å². The molecule has 5 nitrogen and oxygen atoms in total. The van der Waals surface area contributed by atoms with Gasteiger partial charge < -0.3 is 14.1 Å². The Labute approximate surface area is 206 Å². The van der Waals surface area contributed by atoms with E-state index < -0.39 is 6.04 Å². The van der Waals surface area contributed by atoms with Crippen molar-refractivity contribution in [3.8, 4) is 5.75 Å². The van der Waals surface area contributed by atoms with Crippen LogP contribution in [0.1, 0.15) is 44.4 Å². The number of aryl methyl sites for hydroxylation is 2. The second kappa shape index (κ2) is 8.76. The molecule has 4 aromatic rings. The molecule has 0 bridgehead atoms. The maximum Gasteiger partial charge on any atom is 0.290 e. The molecule has 1 aromatic heterocycles. The first kappa shape index (κ1) is 22.4. The summed E-state index contributed by atoms with van der Waals surface area (Å²) >= 11 is 3.53. The molecule has 0 fully saturated rings. The Balaban J connectivity index is 1.63. The predicted molar refractivity (Wildman–Crippen MR) is 136 cm³/mol. The van der Waals surface area contributed by atoms with Crippen LogP contribution in [-0.4, -0.2) is 24.5 Å². The van der Waals surface area contributed by atoms with E-state index in [2.05, 4.69) is 15.9 Å². The molecule has 5 rings (SSSR count). The summed E-state index contributed by atoms with van der Waals surface area (Å²) in [6, 6.07) is 18.8. The molecule has 1 amide bonds. The van der Waals surface area contributed by atoms with E-state index in [1.807, 2.05) is 74.5 Å². The molecule has 0 saturated heterocycles. The summed E-state index contributed by atoms with van der Waals surface area (Å²) in [5, 5.41) is 0.515. The van der Waals surface area contributed by atoms with E-state index in [1.54, 1.807) is 12.0 Å². The smallest absolute Gasteiger partial charge is 0.290 e. The second-order valence-corrected chi connectivity index (χ2v) is 9.60. The van der Waals surface area contributed by atoms with Crippen LogP contribution in [0.3, 0.4) is 0 Å². The highest BCUT2D eigenvalue weighted by atomic mass is 79.9. The lowest BCUT2D eigenvalue weighted by Gasteiger charge is -2.25. The fourth-order valence-electron chi connectivity index (χ4n) is 4.77. The predicted octanol–water partition coefficient (Wildman–Crippen LogP) is 5.97. The van der Waals surface area contributed by atoms with Crippen molar-refractivity contribution in [3.05, 3.63) is 109 Å². The molecular formula is C28H24BrNO4. The third kappa shape index (κ3) is 3.82. The van der Waals surface area contributed by atoms with Crippen LogP contribution in [0, 0.1) is 13.8 Å². The van der Waals surface area contributed by atoms with Gasteiger partial charge in [0, 0.05) is 11.0 Å². The van der Waals surface area contributed by atoms with E-state index in [9.17, 15) is 9.59 Å². The number of carbonyl (C=O) groups is 1. The minimum absolute atomic E-state index is 0.143. The minimum Gasteiger partial charge on any atom is -0.497 e. The maximum atomic E-state index is 13.8. The lowest BCUT2D eigenvalue weighted by Crippen LogP contribution is -2.31. The van der Waals surface area contributed by atoms with Crippen LogP contribution in [0.5, 0.6) is 5.75 Å². The molecule has 0 radical (unpaired) electrons. The summed E-state index contributed by atoms with van der Waals surface area (Å²) in [4.78, 5) is 29.1. The number of fused-ring (bicyclic) bond motifs is 2. The average molecular weight is 518 g/mol. The van der Waals surface area contributed by atoms with Crippen molar-refractivity contribution in [2.75, 3.05) is 13.7 Å². The van der Waals surface area contributed by atoms with E-state index in [1.165, 1.54) is 0 Å². The van der Waals surface area contributed by atoms with Gasteiger partial charge in [-0.25, -0.2) is 0 Å². The first-order chi connectivity index (χ1) is 16.4. The van der Waals surface area contributed by atoms with Gasteiger partial charge in [-0.15, -0.1) is 0 Å². The number of nitrogens with zero attached hydrogens (tertiary/aromatic N) is 1. The van der Waals surface area contributed by atoms with Crippen molar-refractivity contribution in [1.29, 1.82) is 0 Å². The number of methoxy groups -OCH3 is 1. The Bertz CT molecular complexity index is 1470. The van der Waals surface area contributed by atoms with E-state index in [0.717, 1.165) is 32.5 Å². The van der Waals surface area contributed by atoms with Gasteiger partial charge in [0.2, 0.25) is 5.76 Å². The summed E-state index contributed by atoms with van der Waals surface area (Å²) in [5.41, 5.74) is 4.52. The number of amides is 1. The molecule has 1 aliphatic heterocycles. The Morgan fingerprint density at radius 2 is 1.79 bits per heavy atom. The SMILES string of the molecule is COc1ccc(CCN2C(=O)c3oc4c(C)cc(C)cc4c(=O)c3C2c2cccc(Br)c2)cc1. The van der Waals surface area contributed by atoms with Gasteiger partial charge in [-0.1, -0.05) is 46.3 Å². The lowest BCUT2D eigenvalue weighted by molar-refractivity contribution is 0.0730. The van der Waals surface area contributed by atoms with E-state index >= 15 is 0 Å². The minimum atomic E-state index is -0.514. The molecule has 0 saturated carbocycles. The normalized spacial score (nSPS) is 15.1. The third-order valence-corrected chi connectivity index (χ3v) is 6.86. The van der Waals surface area contributed by atoms with Gasteiger partial charge in [0.1, 0.15) is 11.3 Å². The number of ether oxygens (including phenoxy) is 1. The van der Waals surface area contributed by atoms with Gasteiger partial charge in [-0.3, -0.25) is 9.59 Å². The van der Waals surface area contributed by atoms with Crippen LogP contribution >= 0.6 is 15.9 Å². The van der Waals surface area contributed by atoms with Crippen molar-refractivity contribution in [3.63, 3.8) is 0 Å². The number of rotatable bonds is 5. The van der Waals surface area contributed by atoms with Gasteiger partial charge in [0.15, 0.2) is 5.43 Å². The Morgan fingerprint density at radius 1 is 1.03 bits per heavy atom. The highest BCUT2D eigenvalue weighted by molar-refractivity contribution is 9.10. The van der Waals surface area contributed by atoms with Crippen LogP contribution in [-0.2, 0) is 6.42 Å². The molecular weight excluding hydrogens is 494 g/mol. The van der Waals surface area contributed by atoms with Crippen molar-refractivity contribution in [2.45, 2.75) is 26.3 Å². The highest BCUT2D eigenvalue weighted by Crippen LogP contribution is 2.39. The number of benzene rings is 3. The van der Waals surface area contributed by atoms with Gasteiger partial charge in [-0.2, -0.15) is 0 Å². The average Bonchev–Trinajstić information content (AvgIpc) is 3.10. The highest BCUT2D eigenvalue weighted by Gasteiger charge is 2.42. The van der Waals surface area contributed by atoms with Gasteiger partial charge in [0.05, 0.1) is 24.1 Å². The summed E-state index contributed by atoms with van der Waals surface area (Å²) in [6.45, 7) is 4.30. The fraction of sp³-hybridized carbons (Fsp3) is 0.214. The molecule has 3 aromatic carbocycles. The zero-order chi connectivity index (χ0) is 24.0. The van der Waals surface area contributed by atoms with Crippen molar-refractivity contribution >= 4 is 32.8 Å². The van der Waals surface area contributed by atoms with E-state index in [-0.39, 0.29) is 17.1 Å². The number of hydrogen-bond donors (Lipinski definition) is 0. The standard InChI is InChI=1S/C28H24BrNO4/c1-16-13-17(2)26-22(14-16)25(31)23-24(19-5-4-6-20(29)15-19)30(28(32)27(23)34-26)12-11-18-7-9-21(33-3)10-8-18/h4-10,13-15,24H,11-12H2,1-3H3. The largest absolute Gasteiger partial charge is 0.497 e. The van der Waals surface area contributed by atoms with E-state index in [4.69, 9.17) is 9.15 Å². The van der Waals surface area contributed by atoms with Crippen molar-refractivity contribution < 1.29 is 13.9 Å². The molecule has 6 heteroatoms. The molecule has 1 aliphatic rings. The summed E-state index contributed by atoms with van der Waals surface area (Å²) in [7, 11) is 1.63. The van der Waals surface area contributed by atoms with Crippen molar-refractivity contribution in [2.24, 2.45) is 0 Å². The zero-order valence-corrected chi connectivity index (χ0v) is 20.8. The number of halogens is 1. The summed E-state index contributed by atoms with van der Waals surface area (Å²) < 4.78 is 12.3. The quantitative estimate of drug-likeness (QED) is 0.327. The Hall–Kier alpha value is -3.38. The third-order valence-electron chi connectivity index (χ3n) is 6.36. The van der Waals surface area contributed by atoms with Crippen molar-refractivity contribution in [1.82, 2.24) is 4.90 Å². The summed E-state index contributed by atoms with van der Waals surface area (Å²) in [5.74, 6) is 0.671. The maximum absolute atomic E-state index is 13.8. The van der Waals surface area contributed by atoms with Crippen LogP contribution in [0.15, 0.2) is 74.3 Å². The van der Waals surface area contributed by atoms with Gasteiger partial charge in [0.25, 0.3) is 5.91 Å². The van der Waals surface area contributed by atoms with Crippen LogP contribution in [0.25, 0.3) is 11.0 Å². The molecule has 172 valence electrons. The van der Waals surface area contributed by atoms with Crippen LogP contribution in [0.4, 0.5) is 0 Å². The summed E-state index contributed by atoms with van der Waals surface area (Å²) in [6.07, 6.45) is 0.639. The molecule has 1 atom stereocenters. The lowest BCUT2D eigenvalue weighted by atomic mass is 9.97. The fourth-order valence-corrected chi connectivity index (χ4v) is 5.19. The second-order valence-electron chi connectivity index (χ2n) is 8.69. The number of hydrogen-bond acceptors (Lipinski definition) is 4.